The summed E-state index contributed by atoms with van der Waals surface area (Å²) in [4.78, 5) is 5.23. The molecule has 1 atom stereocenters. The van der Waals surface area contributed by atoms with Crippen molar-refractivity contribution < 1.29 is 33.7 Å². The number of pyridine rings is 1. The number of hydrogen-bond donors (Lipinski definition) is 2. The summed E-state index contributed by atoms with van der Waals surface area (Å²) in [6.45, 7) is 0.537. The van der Waals surface area contributed by atoms with Crippen molar-refractivity contribution in [3.8, 4) is 23.0 Å². The molecule has 1 aromatic heterocycles. The molecular weight excluding hydrogens is 460 g/mol. The van der Waals surface area contributed by atoms with Gasteiger partial charge in [0.25, 0.3) is 11.9 Å². The minimum atomic E-state index is -0.727. The molecule has 1 heterocycles. The van der Waals surface area contributed by atoms with Crippen LogP contribution in [0.5, 0.6) is 23.0 Å². The molecule has 0 spiro atoms. The summed E-state index contributed by atoms with van der Waals surface area (Å²) in [5, 5.41) is 10.8. The Morgan fingerprint density at radius 3 is 1.78 bits per heavy atom. The zero-order chi connectivity index (χ0) is 25.3. The molecule has 0 saturated carbocycles. The molecule has 1 unspecified atom stereocenters. The van der Waals surface area contributed by atoms with Crippen LogP contribution in [0.3, 0.4) is 0 Å². The zero-order valence-corrected chi connectivity index (χ0v) is 20.2. The number of nitrogens with zero attached hydrogens (tertiary/aromatic N) is 1. The van der Waals surface area contributed by atoms with Crippen LogP contribution in [0.4, 0.5) is 0 Å². The molecule has 0 bridgehead atoms. The third-order valence-electron chi connectivity index (χ3n) is 5.64. The topological polar surface area (TPSA) is 96.3 Å². The summed E-state index contributed by atoms with van der Waals surface area (Å²) >= 11 is 0. The smallest absolute Gasteiger partial charge is 0.273 e. The highest BCUT2D eigenvalue weighted by Crippen LogP contribution is 2.32. The van der Waals surface area contributed by atoms with Crippen LogP contribution < -0.4 is 29.6 Å². The fourth-order valence-electron chi connectivity index (χ4n) is 3.65. The van der Waals surface area contributed by atoms with Crippen LogP contribution in [0, 0.1) is 0 Å². The number of nitrogens with two attached hydrogens (primary N) is 1. The van der Waals surface area contributed by atoms with E-state index in [0.717, 1.165) is 32.9 Å². The van der Waals surface area contributed by atoms with E-state index in [1.54, 1.807) is 20.3 Å². The highest BCUT2D eigenvalue weighted by atomic mass is 16.6. The number of hydrogen-bond acceptors (Lipinski definition) is 7. The summed E-state index contributed by atoms with van der Waals surface area (Å²) in [5.74, 6) is 7.93. The molecule has 186 valence electrons. The van der Waals surface area contributed by atoms with Crippen LogP contribution in [0.15, 0.2) is 91.1 Å². The second-order valence-electron chi connectivity index (χ2n) is 7.97. The van der Waals surface area contributed by atoms with Gasteiger partial charge in [0.2, 0.25) is 5.75 Å². The molecule has 0 aliphatic heterocycles. The lowest BCUT2D eigenvalue weighted by Gasteiger charge is -2.15. The summed E-state index contributed by atoms with van der Waals surface area (Å²) < 4.78 is 23.6. The Balaban J connectivity index is 1.62. The van der Waals surface area contributed by atoms with Gasteiger partial charge in [-0.05, 0) is 41.0 Å². The molecule has 3 aromatic carbocycles. The van der Waals surface area contributed by atoms with E-state index in [-0.39, 0.29) is 13.2 Å². The van der Waals surface area contributed by atoms with E-state index in [4.69, 9.17) is 29.7 Å². The fraction of sp³-hybridized carbons (Fsp3) is 0.179. The predicted octanol–water partition coefficient (Wildman–Crippen LogP) is 4.37. The minimum absolute atomic E-state index is 0.262. The number of aromatic nitrogens is 1. The summed E-state index contributed by atoms with van der Waals surface area (Å²) in [7, 11) is 3.24. The standard InChI is InChI=1S/C28H29N2O6/c1-32-23-12-8-20(9-13-23)18-34-26-16-25(28(36-29)22-6-4-3-5-7-22)30(31)17-27(26)35-19-21-10-14-24(33-2)15-11-21/h3-17,28,31H,18-19,29H2,1-2H3/q+1. The van der Waals surface area contributed by atoms with Crippen LogP contribution in [-0.4, -0.2) is 19.4 Å². The molecular formula is C28H29N2O6+. The Labute approximate surface area is 209 Å². The highest BCUT2D eigenvalue weighted by molar-refractivity contribution is 5.40. The average Bonchev–Trinajstić information content (AvgIpc) is 2.93. The van der Waals surface area contributed by atoms with E-state index in [1.165, 1.54) is 6.20 Å². The quantitative estimate of drug-likeness (QED) is 0.184. The molecule has 0 aliphatic carbocycles. The maximum Gasteiger partial charge on any atom is 0.273 e. The van der Waals surface area contributed by atoms with Crippen molar-refractivity contribution in [1.82, 2.24) is 0 Å². The maximum absolute atomic E-state index is 10.8. The van der Waals surface area contributed by atoms with Gasteiger partial charge in [0, 0.05) is 4.73 Å². The molecule has 0 fully saturated rings. The number of ether oxygens (including phenoxy) is 4. The Hall–Kier alpha value is -4.27. The van der Waals surface area contributed by atoms with Crippen molar-refractivity contribution >= 4 is 0 Å². The first-order chi connectivity index (χ1) is 17.6. The van der Waals surface area contributed by atoms with E-state index in [1.807, 2.05) is 78.9 Å². The van der Waals surface area contributed by atoms with Crippen molar-refractivity contribution in [3.05, 3.63) is 114 Å². The van der Waals surface area contributed by atoms with Gasteiger partial charge in [-0.25, -0.2) is 5.90 Å². The van der Waals surface area contributed by atoms with Crippen molar-refractivity contribution in [3.63, 3.8) is 0 Å². The van der Waals surface area contributed by atoms with Crippen LogP contribution in [-0.2, 0) is 18.1 Å². The molecule has 0 amide bonds. The first-order valence-corrected chi connectivity index (χ1v) is 11.3. The Morgan fingerprint density at radius 1 is 0.750 bits per heavy atom. The number of methoxy groups -OCH3 is 2. The molecule has 0 radical (unpaired) electrons. The lowest BCUT2D eigenvalue weighted by molar-refractivity contribution is -0.911. The number of benzene rings is 3. The Kier molecular flexibility index (Phi) is 8.23. The Morgan fingerprint density at radius 2 is 1.28 bits per heavy atom. The van der Waals surface area contributed by atoms with Crippen LogP contribution in [0.1, 0.15) is 28.5 Å². The van der Waals surface area contributed by atoms with Crippen molar-refractivity contribution in [2.75, 3.05) is 14.2 Å². The highest BCUT2D eigenvalue weighted by Gasteiger charge is 2.29. The monoisotopic (exact) mass is 489 g/mol. The van der Waals surface area contributed by atoms with E-state index in [2.05, 4.69) is 0 Å². The van der Waals surface area contributed by atoms with Gasteiger partial charge in [-0.2, -0.15) is 0 Å². The molecule has 36 heavy (non-hydrogen) atoms. The molecule has 8 heteroatoms. The van der Waals surface area contributed by atoms with Gasteiger partial charge in [0.05, 0.1) is 20.3 Å². The number of rotatable bonds is 11. The van der Waals surface area contributed by atoms with E-state index < -0.39 is 6.10 Å². The first kappa shape index (κ1) is 24.8. The van der Waals surface area contributed by atoms with E-state index in [0.29, 0.717) is 17.2 Å². The summed E-state index contributed by atoms with van der Waals surface area (Å²) in [6, 6.07) is 26.1. The van der Waals surface area contributed by atoms with Crippen LogP contribution in [0.2, 0.25) is 0 Å². The summed E-state index contributed by atoms with van der Waals surface area (Å²) in [5.41, 5.74) is 3.02. The second-order valence-corrected chi connectivity index (χ2v) is 7.97. The Bertz CT molecular complexity index is 1250. The van der Waals surface area contributed by atoms with Gasteiger partial charge in [0.15, 0.2) is 11.9 Å². The third kappa shape index (κ3) is 6.04. The van der Waals surface area contributed by atoms with Gasteiger partial charge in [0.1, 0.15) is 24.7 Å². The van der Waals surface area contributed by atoms with Gasteiger partial charge in [-0.1, -0.05) is 54.6 Å². The van der Waals surface area contributed by atoms with Gasteiger partial charge < -0.3 is 18.9 Å². The molecule has 4 rings (SSSR count). The first-order valence-electron chi connectivity index (χ1n) is 11.3. The molecule has 4 aromatic rings. The average molecular weight is 490 g/mol. The van der Waals surface area contributed by atoms with Crippen LogP contribution in [0.25, 0.3) is 0 Å². The van der Waals surface area contributed by atoms with E-state index in [9.17, 15) is 5.21 Å². The van der Waals surface area contributed by atoms with Crippen molar-refractivity contribution in [2.45, 2.75) is 19.3 Å². The fourth-order valence-corrected chi connectivity index (χ4v) is 3.65. The molecule has 0 saturated heterocycles. The normalized spacial score (nSPS) is 11.5. The third-order valence-corrected chi connectivity index (χ3v) is 5.64. The maximum atomic E-state index is 10.8. The minimum Gasteiger partial charge on any atom is -0.497 e. The molecule has 8 nitrogen and oxygen atoms in total. The molecule has 3 N–H and O–H groups in total. The van der Waals surface area contributed by atoms with E-state index >= 15 is 0 Å². The van der Waals surface area contributed by atoms with Crippen LogP contribution >= 0.6 is 0 Å². The van der Waals surface area contributed by atoms with Gasteiger partial charge in [-0.15, -0.1) is 0 Å². The molecule has 0 aliphatic rings. The van der Waals surface area contributed by atoms with Crippen molar-refractivity contribution in [2.24, 2.45) is 5.90 Å². The predicted molar refractivity (Wildman–Crippen MR) is 132 cm³/mol. The largest absolute Gasteiger partial charge is 0.497 e. The summed E-state index contributed by atoms with van der Waals surface area (Å²) in [6.07, 6.45) is 0.715. The zero-order valence-electron chi connectivity index (χ0n) is 20.2. The van der Waals surface area contributed by atoms with Crippen molar-refractivity contribution in [1.29, 1.82) is 0 Å². The van der Waals surface area contributed by atoms with Gasteiger partial charge in [-0.3, -0.25) is 10.0 Å². The SMILES string of the molecule is COc1ccc(COc2cc(C(ON)c3ccccc3)[n+](O)cc2OCc2ccc(OC)cc2)cc1. The second kappa shape index (κ2) is 11.9. The lowest BCUT2D eigenvalue weighted by Crippen LogP contribution is -2.38. The van der Waals surface area contributed by atoms with Gasteiger partial charge >= 0.3 is 0 Å². The lowest BCUT2D eigenvalue weighted by atomic mass is 10.1.